The summed E-state index contributed by atoms with van der Waals surface area (Å²) in [6.45, 7) is 20.0. The van der Waals surface area contributed by atoms with Crippen LogP contribution < -0.4 is 5.32 Å². The molecule has 71 heavy (non-hydrogen) atoms. The van der Waals surface area contributed by atoms with Gasteiger partial charge in [-0.15, -0.1) is 0 Å². The van der Waals surface area contributed by atoms with Gasteiger partial charge in [-0.3, -0.25) is 14.9 Å². The molecule has 5 aliphatic rings. The fourth-order valence-electron chi connectivity index (χ4n) is 14.5. The van der Waals surface area contributed by atoms with Crippen LogP contribution in [0.4, 0.5) is 0 Å². The number of ether oxygens (including phenoxy) is 5. The summed E-state index contributed by atoms with van der Waals surface area (Å²) >= 11 is 0. The summed E-state index contributed by atoms with van der Waals surface area (Å²) in [6.07, 6.45) is 44.0. The third-order valence-corrected chi connectivity index (χ3v) is 18.7. The summed E-state index contributed by atoms with van der Waals surface area (Å²) in [7, 11) is 1.40. The van der Waals surface area contributed by atoms with Crippen LogP contribution in [0.1, 0.15) is 234 Å². The van der Waals surface area contributed by atoms with Gasteiger partial charge in [0.2, 0.25) is 0 Å². The Bertz CT molecular complexity index is 1530. The van der Waals surface area contributed by atoms with Gasteiger partial charge in [0.15, 0.2) is 0 Å². The average molecular weight is 996 g/mol. The maximum absolute atomic E-state index is 12.9. The van der Waals surface area contributed by atoms with Crippen molar-refractivity contribution < 1.29 is 33.3 Å². The second-order valence-corrected chi connectivity index (χ2v) is 24.4. The maximum atomic E-state index is 12.9. The Hall–Kier alpha value is -1.78. The Morgan fingerprint density at radius 2 is 1.51 bits per heavy atom. The fourth-order valence-corrected chi connectivity index (χ4v) is 14.5. The number of hydrogen-bond donors (Lipinski definition) is 1. The van der Waals surface area contributed by atoms with Gasteiger partial charge < -0.3 is 28.6 Å². The molecule has 3 saturated carbocycles. The molecule has 1 N–H and O–H groups in total. The number of nitrogens with zero attached hydrogens (tertiary/aromatic N) is 1. The van der Waals surface area contributed by atoms with E-state index in [0.717, 1.165) is 81.0 Å². The molecule has 4 aliphatic carbocycles. The minimum absolute atomic E-state index is 0.0558. The fraction of sp³-hybridized carbons (Fsp3) is 0.903. The minimum Gasteiger partial charge on any atom is -0.468 e. The quantitative estimate of drug-likeness (QED) is 0.0283. The Labute approximate surface area is 436 Å². The van der Waals surface area contributed by atoms with E-state index >= 15 is 0 Å². The van der Waals surface area contributed by atoms with Crippen molar-refractivity contribution in [3.63, 3.8) is 0 Å². The summed E-state index contributed by atoms with van der Waals surface area (Å²) in [5, 5.41) is 3.27. The number of fused-ring (bicyclic) bond motifs is 5. The molecule has 1 heterocycles. The first-order valence-corrected chi connectivity index (χ1v) is 30.3. The molecular weight excluding hydrogens is 885 g/mol. The van der Waals surface area contributed by atoms with E-state index in [9.17, 15) is 9.59 Å². The number of carbonyl (C=O) groups is 2. The lowest BCUT2D eigenvalue weighted by molar-refractivity contribution is -0.148. The predicted molar refractivity (Wildman–Crippen MR) is 292 cm³/mol. The smallest absolute Gasteiger partial charge is 0.322 e. The third-order valence-electron chi connectivity index (χ3n) is 18.7. The van der Waals surface area contributed by atoms with Gasteiger partial charge in [0.1, 0.15) is 12.6 Å². The van der Waals surface area contributed by atoms with E-state index in [2.05, 4.69) is 70.0 Å². The van der Waals surface area contributed by atoms with Crippen LogP contribution in [-0.4, -0.2) is 95.0 Å². The van der Waals surface area contributed by atoms with E-state index in [4.69, 9.17) is 23.7 Å². The zero-order valence-corrected chi connectivity index (χ0v) is 47.1. The van der Waals surface area contributed by atoms with Crippen LogP contribution in [0.15, 0.2) is 23.8 Å². The number of piperidine rings is 1. The summed E-state index contributed by atoms with van der Waals surface area (Å²) in [5.74, 6) is 4.27. The molecule has 0 bridgehead atoms. The first kappa shape index (κ1) is 60.1. The molecule has 2 unspecified atom stereocenters. The molecule has 1 aliphatic heterocycles. The molecule has 1 saturated heterocycles. The number of methoxy groups -OCH3 is 1. The van der Waals surface area contributed by atoms with Crippen LogP contribution in [0.5, 0.6) is 0 Å². The number of nitrogens with one attached hydrogen (secondary N) is 1. The first-order valence-electron chi connectivity index (χ1n) is 30.3. The van der Waals surface area contributed by atoms with E-state index < -0.39 is 6.04 Å². The maximum Gasteiger partial charge on any atom is 0.322 e. The van der Waals surface area contributed by atoms with Crippen LogP contribution in [-0.2, 0) is 33.3 Å². The van der Waals surface area contributed by atoms with Crippen LogP contribution in [0.2, 0.25) is 0 Å². The molecule has 0 aromatic carbocycles. The number of likely N-dealkylation sites (tertiary alicyclic amines) is 1. The number of unbranched alkanes of at least 4 members (excludes halogenated alkanes) is 12. The number of hydrogen-bond acceptors (Lipinski definition) is 9. The highest BCUT2D eigenvalue weighted by Gasteiger charge is 2.59. The van der Waals surface area contributed by atoms with Crippen molar-refractivity contribution in [2.24, 2.45) is 46.3 Å². The molecule has 0 aromatic heterocycles. The molecule has 5 rings (SSSR count). The Balaban J connectivity index is 0.940. The van der Waals surface area contributed by atoms with Crippen molar-refractivity contribution in [1.29, 1.82) is 0 Å². The second kappa shape index (κ2) is 33.3. The van der Waals surface area contributed by atoms with E-state index in [0.29, 0.717) is 18.6 Å². The van der Waals surface area contributed by atoms with Crippen molar-refractivity contribution in [1.82, 2.24) is 10.2 Å². The van der Waals surface area contributed by atoms with Gasteiger partial charge in [0, 0.05) is 19.6 Å². The summed E-state index contributed by atoms with van der Waals surface area (Å²) in [6, 6.07) is -0.644. The topological polar surface area (TPSA) is 95.6 Å². The summed E-state index contributed by atoms with van der Waals surface area (Å²) in [4.78, 5) is 28.2. The van der Waals surface area contributed by atoms with E-state index in [1.54, 1.807) is 5.57 Å². The van der Waals surface area contributed by atoms with Gasteiger partial charge in [0.05, 0.1) is 39.3 Å². The van der Waals surface area contributed by atoms with Crippen molar-refractivity contribution in [3.05, 3.63) is 23.8 Å². The molecule has 9 nitrogen and oxygen atoms in total. The van der Waals surface area contributed by atoms with E-state index in [1.165, 1.54) is 168 Å². The highest BCUT2D eigenvalue weighted by molar-refractivity contribution is 5.77. The third kappa shape index (κ3) is 20.0. The summed E-state index contributed by atoms with van der Waals surface area (Å²) < 4.78 is 29.6. The van der Waals surface area contributed by atoms with Crippen molar-refractivity contribution >= 4 is 11.9 Å². The number of esters is 2. The highest BCUT2D eigenvalue weighted by atomic mass is 16.6. The Morgan fingerprint density at radius 1 is 0.789 bits per heavy atom. The van der Waals surface area contributed by atoms with Crippen molar-refractivity contribution in [2.45, 2.75) is 252 Å². The van der Waals surface area contributed by atoms with Crippen molar-refractivity contribution in [3.8, 4) is 0 Å². The first-order chi connectivity index (χ1) is 34.5. The van der Waals surface area contributed by atoms with Gasteiger partial charge in [-0.1, -0.05) is 149 Å². The molecular formula is C62H110N2O7. The van der Waals surface area contributed by atoms with Gasteiger partial charge in [-0.2, -0.15) is 0 Å². The van der Waals surface area contributed by atoms with Crippen LogP contribution in [0.3, 0.4) is 0 Å². The zero-order chi connectivity index (χ0) is 50.7. The molecule has 410 valence electrons. The van der Waals surface area contributed by atoms with Gasteiger partial charge in [0.25, 0.3) is 0 Å². The highest BCUT2D eigenvalue weighted by Crippen LogP contribution is 2.67. The van der Waals surface area contributed by atoms with Crippen molar-refractivity contribution in [2.75, 3.05) is 59.9 Å². The molecule has 4 fully saturated rings. The molecule has 0 radical (unpaired) electrons. The number of allylic oxidation sites excluding steroid dienone is 3. The Kier molecular flexibility index (Phi) is 28.2. The largest absolute Gasteiger partial charge is 0.468 e. The lowest BCUT2D eigenvalue weighted by Gasteiger charge is -2.58. The number of rotatable bonds is 37. The Morgan fingerprint density at radius 3 is 2.23 bits per heavy atom. The van der Waals surface area contributed by atoms with Crippen LogP contribution in [0.25, 0.3) is 0 Å². The SMILES string of the molecule is CCCCCCCCC=CCCCCCCCCOCC(CN1CCCCC1)OCCOC(=O)CCC(NCO[C@H]1CC[C@@]2(C)C(=CC[C@H]3[C@@H]4CC[C@H]([C@H](C)CCCC(C)C)[C@@]4(C)CC[C@@H]32)C1)C(=O)OC. The van der Waals surface area contributed by atoms with Gasteiger partial charge >= 0.3 is 11.9 Å². The molecule has 0 aromatic rings. The van der Waals surface area contributed by atoms with Crippen LogP contribution in [0, 0.1) is 46.3 Å². The second-order valence-electron chi connectivity index (χ2n) is 24.4. The predicted octanol–water partition coefficient (Wildman–Crippen LogP) is 14.8. The molecule has 9 heteroatoms. The van der Waals surface area contributed by atoms with Crippen LogP contribution >= 0.6 is 0 Å². The monoisotopic (exact) mass is 995 g/mol. The number of carbonyl (C=O) groups excluding carboxylic acids is 2. The molecule has 0 amide bonds. The molecule has 0 spiro atoms. The normalized spacial score (nSPS) is 28.0. The minimum atomic E-state index is -0.644. The van der Waals surface area contributed by atoms with Gasteiger partial charge in [-0.25, -0.2) is 0 Å². The lowest BCUT2D eigenvalue weighted by atomic mass is 9.47. The van der Waals surface area contributed by atoms with Gasteiger partial charge in [-0.05, 0) is 162 Å². The standard InChI is InChI=1S/C62H110N2O7/c1-8-9-10-11-12-13-14-15-16-17-18-19-20-21-22-26-42-68-47-53(46-64-40-24-23-25-41-64)69-43-44-70-59(65)35-34-58(60(66)67-7)63-48-71-52-36-38-61(5)51(45-52)30-31-54-56-33-32-55(50(4)29-27-28-49(2)3)62(56,6)39-37-57(54)61/h15-16,30,49-50,52-58,63H,8-14,17-29,31-48H2,1-7H3/t50-,52+,53?,54+,55-,56+,57+,58?,61+,62-/m1/s1. The summed E-state index contributed by atoms with van der Waals surface area (Å²) in [5.41, 5.74) is 2.38. The van der Waals surface area contributed by atoms with E-state index in [1.807, 2.05) is 0 Å². The van der Waals surface area contributed by atoms with E-state index in [-0.39, 0.29) is 55.7 Å². The average Bonchev–Trinajstić information content (AvgIpc) is 3.73. The lowest BCUT2D eigenvalue weighted by Crippen LogP contribution is -2.51. The molecule has 10 atom stereocenters. The zero-order valence-electron chi connectivity index (χ0n) is 47.1.